The van der Waals surface area contributed by atoms with E-state index >= 15 is 0 Å². The number of ether oxygens (including phenoxy) is 3. The van der Waals surface area contributed by atoms with Gasteiger partial charge in [-0.2, -0.15) is 0 Å². The van der Waals surface area contributed by atoms with E-state index in [1.807, 2.05) is 25.1 Å². The van der Waals surface area contributed by atoms with Crippen molar-refractivity contribution in [3.63, 3.8) is 0 Å². The van der Waals surface area contributed by atoms with Crippen LogP contribution in [0.15, 0.2) is 45.6 Å². The second-order valence-corrected chi connectivity index (χ2v) is 9.08. The molecule has 0 aliphatic carbocycles. The van der Waals surface area contributed by atoms with Gasteiger partial charge in [-0.3, -0.25) is 9.59 Å². The first-order valence-corrected chi connectivity index (χ1v) is 11.9. The summed E-state index contributed by atoms with van der Waals surface area (Å²) >= 11 is 0. The van der Waals surface area contributed by atoms with Gasteiger partial charge < -0.3 is 28.4 Å². The third-order valence-electron chi connectivity index (χ3n) is 6.76. The molecule has 3 heterocycles. The Hall–Kier alpha value is -4.01. The molecule has 0 unspecified atom stereocenters. The Morgan fingerprint density at radius 2 is 1.72 bits per heavy atom. The van der Waals surface area contributed by atoms with Crippen molar-refractivity contribution < 1.29 is 28.2 Å². The van der Waals surface area contributed by atoms with Gasteiger partial charge in [0, 0.05) is 26.2 Å². The van der Waals surface area contributed by atoms with E-state index in [2.05, 4.69) is 0 Å². The average molecular weight is 493 g/mol. The molecule has 1 aromatic heterocycles. The van der Waals surface area contributed by atoms with Gasteiger partial charge >= 0.3 is 5.63 Å². The Balaban J connectivity index is 1.25. The van der Waals surface area contributed by atoms with Crippen LogP contribution in [0.1, 0.15) is 16.7 Å². The van der Waals surface area contributed by atoms with Crippen molar-refractivity contribution in [1.82, 2.24) is 9.80 Å². The number of methoxy groups -OCH3 is 1. The van der Waals surface area contributed by atoms with E-state index in [-0.39, 0.29) is 24.8 Å². The Kier molecular flexibility index (Phi) is 6.30. The van der Waals surface area contributed by atoms with Crippen molar-refractivity contribution >= 4 is 22.8 Å². The molecular formula is C27H28N2O7. The SMILES string of the molecule is COc1cc(C)cc2oc(=O)c(CC(=O)N3CCN(C(=O)[C@H]4COc5ccccc5O4)CC3)c(C)c12. The molecule has 0 spiro atoms. The third-order valence-corrected chi connectivity index (χ3v) is 6.76. The van der Waals surface area contributed by atoms with Gasteiger partial charge in [-0.25, -0.2) is 4.79 Å². The van der Waals surface area contributed by atoms with Crippen LogP contribution in [0.25, 0.3) is 11.0 Å². The number of benzene rings is 2. The summed E-state index contributed by atoms with van der Waals surface area (Å²) in [7, 11) is 1.56. The number of rotatable bonds is 4. The average Bonchev–Trinajstić information content (AvgIpc) is 2.89. The molecule has 1 fully saturated rings. The topological polar surface area (TPSA) is 98.5 Å². The summed E-state index contributed by atoms with van der Waals surface area (Å²) < 4.78 is 22.5. The number of nitrogens with zero attached hydrogens (tertiary/aromatic N) is 2. The van der Waals surface area contributed by atoms with Crippen LogP contribution in [0.2, 0.25) is 0 Å². The highest BCUT2D eigenvalue weighted by atomic mass is 16.6. The zero-order valence-electron chi connectivity index (χ0n) is 20.5. The van der Waals surface area contributed by atoms with Crippen molar-refractivity contribution in [2.45, 2.75) is 26.4 Å². The Morgan fingerprint density at radius 3 is 2.44 bits per heavy atom. The fourth-order valence-electron chi connectivity index (χ4n) is 4.79. The molecule has 0 bridgehead atoms. The minimum Gasteiger partial charge on any atom is -0.496 e. The molecule has 36 heavy (non-hydrogen) atoms. The van der Waals surface area contributed by atoms with Crippen molar-refractivity contribution in [2.24, 2.45) is 0 Å². The minimum atomic E-state index is -0.717. The lowest BCUT2D eigenvalue weighted by atomic mass is 10.0. The molecule has 2 aliphatic heterocycles. The normalized spacial score (nSPS) is 17.2. The first-order chi connectivity index (χ1) is 17.4. The fraction of sp³-hybridized carbons (Fsp3) is 0.370. The maximum Gasteiger partial charge on any atom is 0.340 e. The fourth-order valence-corrected chi connectivity index (χ4v) is 4.79. The molecule has 3 aromatic rings. The summed E-state index contributed by atoms with van der Waals surface area (Å²) in [5.41, 5.74) is 1.82. The second kappa shape index (κ2) is 9.56. The highest BCUT2D eigenvalue weighted by Crippen LogP contribution is 2.32. The molecule has 9 heteroatoms. The standard InChI is InChI=1S/C27H28N2O7/c1-16-12-21(33-3)25-17(2)18(27(32)36-22(25)13-16)14-24(30)28-8-10-29(11-9-28)26(31)23-15-34-19-6-4-5-7-20(19)35-23/h4-7,12-13,23H,8-11,14-15H2,1-3H3/t23-/m1/s1. The van der Waals surface area contributed by atoms with Crippen LogP contribution in [0.5, 0.6) is 17.2 Å². The predicted octanol–water partition coefficient (Wildman–Crippen LogP) is 2.47. The smallest absolute Gasteiger partial charge is 0.340 e. The second-order valence-electron chi connectivity index (χ2n) is 9.08. The van der Waals surface area contributed by atoms with E-state index in [0.29, 0.717) is 65.5 Å². The number of carbonyl (C=O) groups excluding carboxylic acids is 2. The molecule has 5 rings (SSSR count). The number of piperazine rings is 1. The number of carbonyl (C=O) groups is 2. The summed E-state index contributed by atoms with van der Waals surface area (Å²) in [4.78, 5) is 42.2. The van der Waals surface area contributed by atoms with Crippen LogP contribution < -0.4 is 19.8 Å². The van der Waals surface area contributed by atoms with Crippen molar-refractivity contribution in [3.05, 3.63) is 63.5 Å². The van der Waals surface area contributed by atoms with E-state index in [1.165, 1.54) is 0 Å². The van der Waals surface area contributed by atoms with Gasteiger partial charge in [0.15, 0.2) is 11.5 Å². The predicted molar refractivity (Wildman–Crippen MR) is 132 cm³/mol. The molecule has 2 aromatic carbocycles. The van der Waals surface area contributed by atoms with Gasteiger partial charge in [0.05, 0.1) is 24.5 Å². The molecule has 2 amide bonds. The molecule has 1 saturated heterocycles. The molecular weight excluding hydrogens is 464 g/mol. The van der Waals surface area contributed by atoms with Gasteiger partial charge in [-0.15, -0.1) is 0 Å². The lowest BCUT2D eigenvalue weighted by Gasteiger charge is -2.37. The van der Waals surface area contributed by atoms with Crippen molar-refractivity contribution in [3.8, 4) is 17.2 Å². The maximum absolute atomic E-state index is 13.1. The van der Waals surface area contributed by atoms with Gasteiger partial charge in [-0.05, 0) is 49.2 Å². The molecule has 2 aliphatic rings. The van der Waals surface area contributed by atoms with E-state index < -0.39 is 11.7 Å². The zero-order chi connectivity index (χ0) is 25.4. The minimum absolute atomic E-state index is 0.0779. The Bertz CT molecular complexity index is 1390. The highest BCUT2D eigenvalue weighted by Gasteiger charge is 2.33. The van der Waals surface area contributed by atoms with Gasteiger partial charge in [0.2, 0.25) is 12.0 Å². The first-order valence-electron chi connectivity index (χ1n) is 11.9. The zero-order valence-corrected chi connectivity index (χ0v) is 20.5. The molecule has 9 nitrogen and oxygen atoms in total. The van der Waals surface area contributed by atoms with Gasteiger partial charge in [-0.1, -0.05) is 12.1 Å². The van der Waals surface area contributed by atoms with E-state index in [0.717, 1.165) is 5.56 Å². The first kappa shape index (κ1) is 23.7. The van der Waals surface area contributed by atoms with E-state index in [9.17, 15) is 14.4 Å². The van der Waals surface area contributed by atoms with Crippen molar-refractivity contribution in [2.75, 3.05) is 39.9 Å². The van der Waals surface area contributed by atoms with E-state index in [4.69, 9.17) is 18.6 Å². The lowest BCUT2D eigenvalue weighted by Crippen LogP contribution is -2.55. The number of hydrogen-bond acceptors (Lipinski definition) is 7. The third kappa shape index (κ3) is 4.36. The number of aryl methyl sites for hydroxylation is 2. The molecule has 0 saturated carbocycles. The maximum atomic E-state index is 13.1. The summed E-state index contributed by atoms with van der Waals surface area (Å²) in [6.07, 6.45) is -0.795. The summed E-state index contributed by atoms with van der Waals surface area (Å²) in [5, 5.41) is 0.692. The quantitative estimate of drug-likeness (QED) is 0.516. The van der Waals surface area contributed by atoms with Crippen LogP contribution in [0, 0.1) is 13.8 Å². The number of fused-ring (bicyclic) bond motifs is 2. The van der Waals surface area contributed by atoms with E-state index in [1.54, 1.807) is 42.0 Å². The Morgan fingerprint density at radius 1 is 1.03 bits per heavy atom. The number of hydrogen-bond donors (Lipinski definition) is 0. The number of para-hydroxylation sites is 2. The van der Waals surface area contributed by atoms with Crippen LogP contribution in [-0.2, 0) is 16.0 Å². The van der Waals surface area contributed by atoms with Crippen LogP contribution in [0.3, 0.4) is 0 Å². The van der Waals surface area contributed by atoms with Crippen molar-refractivity contribution in [1.29, 1.82) is 0 Å². The molecule has 0 N–H and O–H groups in total. The van der Waals surface area contributed by atoms with Crippen LogP contribution in [-0.4, -0.2) is 67.6 Å². The van der Waals surface area contributed by atoms with Gasteiger partial charge in [0.25, 0.3) is 5.91 Å². The summed E-state index contributed by atoms with van der Waals surface area (Å²) in [5.74, 6) is 1.42. The lowest BCUT2D eigenvalue weighted by molar-refractivity contribution is -0.146. The number of amides is 2. The van der Waals surface area contributed by atoms with Crippen LogP contribution >= 0.6 is 0 Å². The Labute approximate surface area is 208 Å². The monoisotopic (exact) mass is 492 g/mol. The molecule has 188 valence electrons. The molecule has 0 radical (unpaired) electrons. The summed E-state index contributed by atoms with van der Waals surface area (Å²) in [6, 6.07) is 10.9. The van der Waals surface area contributed by atoms with Crippen LogP contribution in [0.4, 0.5) is 0 Å². The highest BCUT2D eigenvalue weighted by molar-refractivity contribution is 5.90. The molecule has 1 atom stereocenters. The van der Waals surface area contributed by atoms with Gasteiger partial charge in [0.1, 0.15) is 17.9 Å². The summed E-state index contributed by atoms with van der Waals surface area (Å²) in [6.45, 7) is 5.35. The largest absolute Gasteiger partial charge is 0.496 e.